The van der Waals surface area contributed by atoms with Gasteiger partial charge in [0.1, 0.15) is 5.75 Å². The molecule has 0 radical (unpaired) electrons. The van der Waals surface area contributed by atoms with Gasteiger partial charge in [0.2, 0.25) is 0 Å². The number of benzene rings is 1. The van der Waals surface area contributed by atoms with Gasteiger partial charge in [0.15, 0.2) is 0 Å². The van der Waals surface area contributed by atoms with Crippen molar-refractivity contribution in [3.8, 4) is 5.75 Å². The van der Waals surface area contributed by atoms with Gasteiger partial charge in [-0.05, 0) is 24.6 Å². The van der Waals surface area contributed by atoms with Crippen LogP contribution >= 0.6 is 0 Å². The van der Waals surface area contributed by atoms with E-state index in [2.05, 4.69) is 5.32 Å². The Morgan fingerprint density at radius 1 is 1.23 bits per heavy atom. The van der Waals surface area contributed by atoms with Crippen LogP contribution in [0.4, 0.5) is 0 Å². The van der Waals surface area contributed by atoms with E-state index in [1.165, 1.54) is 0 Å². The van der Waals surface area contributed by atoms with E-state index in [1.807, 2.05) is 18.2 Å². The molecule has 0 saturated carbocycles. The second-order valence-electron chi connectivity index (χ2n) is 2.92. The van der Waals surface area contributed by atoms with Crippen molar-refractivity contribution in [3.63, 3.8) is 0 Å². The smallest absolute Gasteiger partial charge is 0.118 e. The van der Waals surface area contributed by atoms with Crippen LogP contribution in [0.2, 0.25) is 0 Å². The number of hydrogen-bond donors (Lipinski definition) is 3. The third-order valence-corrected chi connectivity index (χ3v) is 1.88. The predicted molar refractivity (Wildman–Crippen MR) is 53.7 cm³/mol. The van der Waals surface area contributed by atoms with Crippen molar-refractivity contribution >= 4 is 0 Å². The highest BCUT2D eigenvalue weighted by Gasteiger charge is 1.97. The molecule has 0 aliphatic rings. The molecule has 0 spiro atoms. The second kappa shape index (κ2) is 5.56. The fourth-order valence-corrected chi connectivity index (χ4v) is 1.17. The van der Waals surface area contributed by atoms with Gasteiger partial charge >= 0.3 is 0 Å². The summed E-state index contributed by atoms with van der Waals surface area (Å²) in [5.74, 6) is 0.372. The minimum Gasteiger partial charge on any atom is -0.508 e. The van der Waals surface area contributed by atoms with E-state index in [0.29, 0.717) is 12.3 Å². The van der Waals surface area contributed by atoms with Crippen molar-refractivity contribution in [1.82, 2.24) is 5.32 Å². The van der Waals surface area contributed by atoms with Gasteiger partial charge in [-0.2, -0.15) is 0 Å². The summed E-state index contributed by atoms with van der Waals surface area (Å²) < 4.78 is 0. The van der Waals surface area contributed by atoms with Crippen LogP contribution in [0.25, 0.3) is 0 Å². The van der Waals surface area contributed by atoms with Crippen molar-refractivity contribution < 1.29 is 5.11 Å². The van der Waals surface area contributed by atoms with Crippen molar-refractivity contribution in [2.45, 2.75) is 6.42 Å². The molecule has 0 aliphatic heterocycles. The van der Waals surface area contributed by atoms with Crippen LogP contribution in [-0.2, 0) is 6.42 Å². The van der Waals surface area contributed by atoms with Crippen molar-refractivity contribution in [2.24, 2.45) is 5.73 Å². The lowest BCUT2D eigenvalue weighted by molar-refractivity contribution is 0.467. The van der Waals surface area contributed by atoms with Crippen molar-refractivity contribution in [3.05, 3.63) is 29.8 Å². The minimum absolute atomic E-state index is 0.372. The molecule has 3 nitrogen and oxygen atoms in total. The molecule has 0 bridgehead atoms. The fraction of sp³-hybridized carbons (Fsp3) is 0.400. The maximum Gasteiger partial charge on any atom is 0.118 e. The molecule has 0 unspecified atom stereocenters. The number of aromatic hydroxyl groups is 1. The third kappa shape index (κ3) is 3.44. The first kappa shape index (κ1) is 10.0. The monoisotopic (exact) mass is 180 g/mol. The topological polar surface area (TPSA) is 58.3 Å². The maximum atomic E-state index is 9.41. The molecule has 1 rings (SSSR count). The second-order valence-corrected chi connectivity index (χ2v) is 2.92. The number of nitrogens with two attached hydrogens (primary N) is 1. The van der Waals surface area contributed by atoms with E-state index in [9.17, 15) is 5.11 Å². The molecule has 0 fully saturated rings. The highest BCUT2D eigenvalue weighted by Crippen LogP contribution is 2.15. The number of nitrogens with one attached hydrogen (secondary N) is 1. The molecule has 1 aromatic carbocycles. The number of hydrogen-bond acceptors (Lipinski definition) is 3. The summed E-state index contributed by atoms with van der Waals surface area (Å²) >= 11 is 0. The normalized spacial score (nSPS) is 10.2. The Balaban J connectivity index is 2.32. The molecule has 3 heteroatoms. The van der Waals surface area contributed by atoms with Gasteiger partial charge in [-0.3, -0.25) is 0 Å². The number of rotatable bonds is 5. The summed E-state index contributed by atoms with van der Waals surface area (Å²) in [5.41, 5.74) is 6.30. The summed E-state index contributed by atoms with van der Waals surface area (Å²) in [6.45, 7) is 2.34. The summed E-state index contributed by atoms with van der Waals surface area (Å²) in [4.78, 5) is 0. The lowest BCUT2D eigenvalue weighted by atomic mass is 10.1. The Morgan fingerprint density at radius 2 is 2.00 bits per heavy atom. The third-order valence-electron chi connectivity index (χ3n) is 1.88. The predicted octanol–water partition coefficient (Wildman–Crippen LogP) is 0.483. The highest BCUT2D eigenvalue weighted by molar-refractivity contribution is 5.31. The lowest BCUT2D eigenvalue weighted by Gasteiger charge is -2.04. The first-order valence-corrected chi connectivity index (χ1v) is 4.52. The first-order chi connectivity index (χ1) is 6.34. The Kier molecular flexibility index (Phi) is 4.29. The van der Waals surface area contributed by atoms with Crippen LogP contribution in [-0.4, -0.2) is 24.7 Å². The Bertz CT molecular complexity index is 250. The number of phenols is 1. The SMILES string of the molecule is NCCNCCc1ccccc1O. The largest absolute Gasteiger partial charge is 0.508 e. The van der Waals surface area contributed by atoms with E-state index in [4.69, 9.17) is 5.73 Å². The van der Waals surface area contributed by atoms with Crippen LogP contribution in [0.3, 0.4) is 0 Å². The fourth-order valence-electron chi connectivity index (χ4n) is 1.17. The van der Waals surface area contributed by atoms with Crippen LogP contribution in [0.15, 0.2) is 24.3 Å². The Labute approximate surface area is 78.6 Å². The van der Waals surface area contributed by atoms with Gasteiger partial charge in [0.05, 0.1) is 0 Å². The molecular formula is C10H16N2O. The molecule has 0 aromatic heterocycles. The minimum atomic E-state index is 0.372. The van der Waals surface area contributed by atoms with Crippen molar-refractivity contribution in [1.29, 1.82) is 0 Å². The lowest BCUT2D eigenvalue weighted by Crippen LogP contribution is -2.24. The summed E-state index contributed by atoms with van der Waals surface area (Å²) in [6, 6.07) is 7.39. The van der Waals surface area contributed by atoms with Gasteiger partial charge in [0, 0.05) is 13.1 Å². The van der Waals surface area contributed by atoms with Crippen LogP contribution in [0.5, 0.6) is 5.75 Å². The summed E-state index contributed by atoms with van der Waals surface area (Å²) in [6.07, 6.45) is 0.840. The Hall–Kier alpha value is -1.06. The quantitative estimate of drug-likeness (QED) is 0.578. The standard InChI is InChI=1S/C10H16N2O/c11-6-8-12-7-5-9-3-1-2-4-10(9)13/h1-4,12-13H,5-8,11H2. The zero-order valence-corrected chi connectivity index (χ0v) is 7.66. The van der Waals surface area contributed by atoms with Gasteiger partial charge in [-0.1, -0.05) is 18.2 Å². The van der Waals surface area contributed by atoms with E-state index in [1.54, 1.807) is 6.07 Å². The van der Waals surface area contributed by atoms with Gasteiger partial charge < -0.3 is 16.2 Å². The zero-order valence-electron chi connectivity index (χ0n) is 7.66. The van der Waals surface area contributed by atoms with E-state index in [0.717, 1.165) is 25.1 Å². The summed E-state index contributed by atoms with van der Waals surface area (Å²) in [5, 5.41) is 12.6. The molecule has 4 N–H and O–H groups in total. The van der Waals surface area contributed by atoms with Crippen LogP contribution < -0.4 is 11.1 Å². The molecular weight excluding hydrogens is 164 g/mol. The van der Waals surface area contributed by atoms with Gasteiger partial charge in [0.25, 0.3) is 0 Å². The number of para-hydroxylation sites is 1. The zero-order chi connectivity index (χ0) is 9.52. The molecule has 0 atom stereocenters. The molecule has 72 valence electrons. The average molecular weight is 180 g/mol. The molecule has 0 aliphatic carbocycles. The molecule has 0 heterocycles. The van der Waals surface area contributed by atoms with E-state index in [-0.39, 0.29) is 0 Å². The van der Waals surface area contributed by atoms with E-state index < -0.39 is 0 Å². The van der Waals surface area contributed by atoms with E-state index >= 15 is 0 Å². The van der Waals surface area contributed by atoms with Gasteiger partial charge in [-0.15, -0.1) is 0 Å². The highest BCUT2D eigenvalue weighted by atomic mass is 16.3. The number of phenolic OH excluding ortho intramolecular Hbond substituents is 1. The Morgan fingerprint density at radius 3 is 2.69 bits per heavy atom. The van der Waals surface area contributed by atoms with Crippen LogP contribution in [0.1, 0.15) is 5.56 Å². The van der Waals surface area contributed by atoms with Crippen LogP contribution in [0, 0.1) is 0 Å². The average Bonchev–Trinajstić information content (AvgIpc) is 2.15. The van der Waals surface area contributed by atoms with Gasteiger partial charge in [-0.25, -0.2) is 0 Å². The first-order valence-electron chi connectivity index (χ1n) is 4.52. The summed E-state index contributed by atoms with van der Waals surface area (Å²) in [7, 11) is 0. The maximum absolute atomic E-state index is 9.41. The molecule has 1 aromatic rings. The van der Waals surface area contributed by atoms with Crippen molar-refractivity contribution in [2.75, 3.05) is 19.6 Å². The molecule has 13 heavy (non-hydrogen) atoms. The molecule has 0 saturated heterocycles. The molecule has 0 amide bonds.